The van der Waals surface area contributed by atoms with Gasteiger partial charge in [0.05, 0.1) is 11.8 Å². The van der Waals surface area contributed by atoms with Gasteiger partial charge in [-0.3, -0.25) is 9.59 Å². The van der Waals surface area contributed by atoms with Crippen LogP contribution in [0.3, 0.4) is 0 Å². The van der Waals surface area contributed by atoms with Crippen molar-refractivity contribution in [3.8, 4) is 0 Å². The van der Waals surface area contributed by atoms with Crippen molar-refractivity contribution in [2.24, 2.45) is 17.8 Å². The van der Waals surface area contributed by atoms with Crippen LogP contribution in [0.5, 0.6) is 0 Å². The van der Waals surface area contributed by atoms with Crippen molar-refractivity contribution in [2.45, 2.75) is 46.0 Å². The van der Waals surface area contributed by atoms with Crippen LogP contribution in [0.25, 0.3) is 0 Å². The highest BCUT2D eigenvalue weighted by atomic mass is 16.4. The van der Waals surface area contributed by atoms with E-state index in [2.05, 4.69) is 12.2 Å². The van der Waals surface area contributed by atoms with Gasteiger partial charge in [0.2, 0.25) is 5.91 Å². The fourth-order valence-electron chi connectivity index (χ4n) is 2.57. The molecule has 0 bridgehead atoms. The summed E-state index contributed by atoms with van der Waals surface area (Å²) < 4.78 is 0. The average Bonchev–Trinajstić information content (AvgIpc) is 2.66. The van der Waals surface area contributed by atoms with Gasteiger partial charge in [0.1, 0.15) is 0 Å². The Morgan fingerprint density at radius 2 is 1.88 bits per heavy atom. The van der Waals surface area contributed by atoms with E-state index in [1.807, 2.05) is 6.92 Å². The maximum atomic E-state index is 11.9. The van der Waals surface area contributed by atoms with Crippen molar-refractivity contribution in [1.29, 1.82) is 0 Å². The molecule has 17 heavy (non-hydrogen) atoms. The van der Waals surface area contributed by atoms with Crippen molar-refractivity contribution in [3.63, 3.8) is 0 Å². The molecule has 2 N–H and O–H groups in total. The summed E-state index contributed by atoms with van der Waals surface area (Å²) in [6, 6.07) is 0. The molecule has 3 atom stereocenters. The van der Waals surface area contributed by atoms with Crippen molar-refractivity contribution >= 4 is 11.9 Å². The Bertz CT molecular complexity index is 278. The molecule has 0 aromatic carbocycles. The first-order chi connectivity index (χ1) is 8.06. The molecule has 0 radical (unpaired) electrons. The van der Waals surface area contributed by atoms with Gasteiger partial charge in [-0.2, -0.15) is 0 Å². The molecule has 0 aromatic rings. The zero-order valence-corrected chi connectivity index (χ0v) is 10.7. The van der Waals surface area contributed by atoms with Gasteiger partial charge < -0.3 is 10.4 Å². The number of carbonyl (C=O) groups is 2. The van der Waals surface area contributed by atoms with Gasteiger partial charge in [-0.05, 0) is 25.2 Å². The molecule has 0 aliphatic heterocycles. The molecule has 0 aromatic heterocycles. The van der Waals surface area contributed by atoms with Gasteiger partial charge in [0.15, 0.2) is 0 Å². The van der Waals surface area contributed by atoms with Gasteiger partial charge in [-0.25, -0.2) is 0 Å². The second kappa shape index (κ2) is 6.62. The van der Waals surface area contributed by atoms with Crippen LogP contribution >= 0.6 is 0 Å². The molecule has 0 heterocycles. The van der Waals surface area contributed by atoms with E-state index in [-0.39, 0.29) is 11.8 Å². The lowest BCUT2D eigenvalue weighted by Gasteiger charge is -2.15. The van der Waals surface area contributed by atoms with Crippen LogP contribution in [-0.2, 0) is 9.59 Å². The Morgan fingerprint density at radius 3 is 2.47 bits per heavy atom. The smallest absolute Gasteiger partial charge is 0.307 e. The molecule has 1 unspecified atom stereocenters. The lowest BCUT2D eigenvalue weighted by molar-refractivity contribution is -0.146. The monoisotopic (exact) mass is 241 g/mol. The van der Waals surface area contributed by atoms with Gasteiger partial charge in [-0.1, -0.05) is 26.7 Å². The highest BCUT2D eigenvalue weighted by molar-refractivity contribution is 5.85. The molecule has 1 amide bonds. The lowest BCUT2D eigenvalue weighted by Crippen LogP contribution is -2.35. The van der Waals surface area contributed by atoms with Crippen LogP contribution in [0.1, 0.15) is 46.0 Å². The molecule has 1 aliphatic rings. The van der Waals surface area contributed by atoms with E-state index in [1.54, 1.807) is 0 Å². The fraction of sp³-hybridized carbons (Fsp3) is 0.846. The summed E-state index contributed by atoms with van der Waals surface area (Å²) in [6.45, 7) is 4.80. The van der Waals surface area contributed by atoms with E-state index in [0.717, 1.165) is 19.3 Å². The highest BCUT2D eigenvalue weighted by Crippen LogP contribution is 2.36. The van der Waals surface area contributed by atoms with Crippen LogP contribution in [-0.4, -0.2) is 23.5 Å². The second-order valence-electron chi connectivity index (χ2n) is 5.13. The molecule has 98 valence electrons. The van der Waals surface area contributed by atoms with Crippen molar-refractivity contribution in [2.75, 3.05) is 6.54 Å². The predicted molar refractivity (Wildman–Crippen MR) is 65.5 cm³/mol. The summed E-state index contributed by atoms with van der Waals surface area (Å²) >= 11 is 0. The van der Waals surface area contributed by atoms with Crippen LogP contribution in [0, 0.1) is 17.8 Å². The Morgan fingerprint density at radius 1 is 1.24 bits per heavy atom. The van der Waals surface area contributed by atoms with E-state index >= 15 is 0 Å². The topological polar surface area (TPSA) is 66.4 Å². The van der Waals surface area contributed by atoms with Crippen LogP contribution in [0.2, 0.25) is 0 Å². The molecule has 1 fully saturated rings. The Balaban J connectivity index is 2.41. The van der Waals surface area contributed by atoms with E-state index < -0.39 is 11.9 Å². The third-order valence-corrected chi connectivity index (χ3v) is 3.53. The molecule has 4 nitrogen and oxygen atoms in total. The number of hydrogen-bond acceptors (Lipinski definition) is 2. The quantitative estimate of drug-likeness (QED) is 0.699. The predicted octanol–water partition coefficient (Wildman–Crippen LogP) is 2.04. The number of amides is 1. The van der Waals surface area contributed by atoms with Gasteiger partial charge in [-0.15, -0.1) is 0 Å². The molecular formula is C13H23NO3. The first-order valence-electron chi connectivity index (χ1n) is 6.56. The number of nitrogens with one attached hydrogen (secondary N) is 1. The standard InChI is InChI=1S/C13H23NO3/c1-3-4-5-6-14-12(15)10-7-9(2)8-11(10)13(16)17/h9-11H,3-8H2,1-2H3,(H,14,15)(H,16,17)/t9?,10-,11+/m0/s1. The molecule has 0 saturated heterocycles. The zero-order valence-electron chi connectivity index (χ0n) is 10.7. The minimum absolute atomic E-state index is 0.0714. The average molecular weight is 241 g/mol. The molecule has 4 heteroatoms. The second-order valence-corrected chi connectivity index (χ2v) is 5.13. The van der Waals surface area contributed by atoms with Crippen LogP contribution in [0.15, 0.2) is 0 Å². The molecule has 1 saturated carbocycles. The minimum Gasteiger partial charge on any atom is -0.481 e. The summed E-state index contributed by atoms with van der Waals surface area (Å²) in [5.74, 6) is -1.39. The fourth-order valence-corrected chi connectivity index (χ4v) is 2.57. The summed E-state index contributed by atoms with van der Waals surface area (Å²) in [7, 11) is 0. The number of aliphatic carboxylic acids is 1. The first kappa shape index (κ1) is 14.0. The Labute approximate surface area is 103 Å². The van der Waals surface area contributed by atoms with Crippen LogP contribution < -0.4 is 5.32 Å². The molecule has 0 spiro atoms. The molecular weight excluding hydrogens is 218 g/mol. The Kier molecular flexibility index (Phi) is 5.45. The summed E-state index contributed by atoms with van der Waals surface area (Å²) in [6.07, 6.45) is 4.53. The summed E-state index contributed by atoms with van der Waals surface area (Å²) in [5.41, 5.74) is 0. The number of carbonyl (C=O) groups excluding carboxylic acids is 1. The van der Waals surface area contributed by atoms with Crippen molar-refractivity contribution in [3.05, 3.63) is 0 Å². The SMILES string of the molecule is CCCCCNC(=O)[C@H]1CC(C)C[C@H]1C(=O)O. The number of rotatable bonds is 6. The van der Waals surface area contributed by atoms with E-state index in [4.69, 9.17) is 5.11 Å². The lowest BCUT2D eigenvalue weighted by atomic mass is 9.95. The number of carboxylic acids is 1. The van der Waals surface area contributed by atoms with E-state index in [1.165, 1.54) is 0 Å². The summed E-state index contributed by atoms with van der Waals surface area (Å²) in [4.78, 5) is 23.0. The highest BCUT2D eigenvalue weighted by Gasteiger charge is 2.40. The largest absolute Gasteiger partial charge is 0.481 e. The van der Waals surface area contributed by atoms with Gasteiger partial charge in [0.25, 0.3) is 0 Å². The van der Waals surface area contributed by atoms with E-state index in [9.17, 15) is 9.59 Å². The third-order valence-electron chi connectivity index (χ3n) is 3.53. The minimum atomic E-state index is -0.831. The van der Waals surface area contributed by atoms with E-state index in [0.29, 0.717) is 25.3 Å². The maximum Gasteiger partial charge on any atom is 0.307 e. The maximum absolute atomic E-state index is 11.9. The number of hydrogen-bond donors (Lipinski definition) is 2. The van der Waals surface area contributed by atoms with Crippen LogP contribution in [0.4, 0.5) is 0 Å². The normalized spacial score (nSPS) is 28.0. The summed E-state index contributed by atoms with van der Waals surface area (Å²) in [5, 5.41) is 11.9. The van der Waals surface area contributed by atoms with Gasteiger partial charge in [0, 0.05) is 6.54 Å². The number of unbranched alkanes of at least 4 members (excludes halogenated alkanes) is 2. The molecule has 1 rings (SSSR count). The van der Waals surface area contributed by atoms with Crippen molar-refractivity contribution in [1.82, 2.24) is 5.32 Å². The first-order valence-corrected chi connectivity index (χ1v) is 6.56. The Hall–Kier alpha value is -1.06. The number of carboxylic acid groups (broad SMARTS) is 1. The third kappa shape index (κ3) is 4.02. The zero-order chi connectivity index (χ0) is 12.8. The van der Waals surface area contributed by atoms with Gasteiger partial charge >= 0.3 is 5.97 Å². The van der Waals surface area contributed by atoms with Crippen molar-refractivity contribution < 1.29 is 14.7 Å². The molecule has 1 aliphatic carbocycles.